The molecule has 1 N–H and O–H groups in total. The molecule has 0 aromatic heterocycles. The van der Waals surface area contributed by atoms with Crippen molar-refractivity contribution in [1.29, 1.82) is 0 Å². The molecular formula is C16H22ClN3O2. The van der Waals surface area contributed by atoms with Gasteiger partial charge in [-0.15, -0.1) is 0 Å². The number of carbonyl (C=O) groups is 2. The molecule has 22 heavy (non-hydrogen) atoms. The van der Waals surface area contributed by atoms with Crippen LogP contribution in [0.2, 0.25) is 5.02 Å². The van der Waals surface area contributed by atoms with E-state index >= 15 is 0 Å². The first kappa shape index (κ1) is 16.8. The van der Waals surface area contributed by atoms with Gasteiger partial charge in [-0.05, 0) is 45.1 Å². The zero-order chi connectivity index (χ0) is 16.3. The molecule has 120 valence electrons. The van der Waals surface area contributed by atoms with E-state index in [0.29, 0.717) is 29.8 Å². The van der Waals surface area contributed by atoms with Crippen LogP contribution in [0.3, 0.4) is 0 Å². The molecule has 0 radical (unpaired) electrons. The molecule has 1 aliphatic rings. The summed E-state index contributed by atoms with van der Waals surface area (Å²) in [7, 11) is 4.01. The van der Waals surface area contributed by atoms with Gasteiger partial charge in [-0.2, -0.15) is 0 Å². The minimum absolute atomic E-state index is 0.124. The van der Waals surface area contributed by atoms with Crippen molar-refractivity contribution in [2.75, 3.05) is 32.5 Å². The Morgan fingerprint density at radius 3 is 2.77 bits per heavy atom. The van der Waals surface area contributed by atoms with Crippen LogP contribution in [0.4, 0.5) is 5.69 Å². The monoisotopic (exact) mass is 323 g/mol. The van der Waals surface area contributed by atoms with E-state index in [2.05, 4.69) is 10.2 Å². The van der Waals surface area contributed by atoms with E-state index in [4.69, 9.17) is 11.6 Å². The van der Waals surface area contributed by atoms with Crippen molar-refractivity contribution >= 4 is 29.1 Å². The maximum atomic E-state index is 12.2. The highest BCUT2D eigenvalue weighted by Gasteiger charge is 2.28. The van der Waals surface area contributed by atoms with E-state index < -0.39 is 0 Å². The number of nitrogens with one attached hydrogen (secondary N) is 1. The van der Waals surface area contributed by atoms with E-state index in [1.807, 2.05) is 21.0 Å². The molecule has 1 aromatic rings. The van der Waals surface area contributed by atoms with Crippen molar-refractivity contribution in [3.05, 3.63) is 28.8 Å². The lowest BCUT2D eigenvalue weighted by molar-refractivity contribution is -0.133. The molecule has 1 fully saturated rings. The number of likely N-dealkylation sites (N-methyl/N-ethyl adjacent to an activating group) is 1. The molecule has 0 bridgehead atoms. The van der Waals surface area contributed by atoms with Gasteiger partial charge in [-0.25, -0.2) is 0 Å². The lowest BCUT2D eigenvalue weighted by Crippen LogP contribution is -2.36. The average Bonchev–Trinajstić information content (AvgIpc) is 2.94. The Labute approximate surface area is 136 Å². The molecule has 0 spiro atoms. The molecule has 1 heterocycles. The third-order valence-corrected chi connectivity index (χ3v) is 4.51. The van der Waals surface area contributed by atoms with Gasteiger partial charge in [-0.3, -0.25) is 9.59 Å². The third-order valence-electron chi connectivity index (χ3n) is 4.10. The number of amides is 2. The predicted molar refractivity (Wildman–Crippen MR) is 88.1 cm³/mol. The number of anilines is 1. The molecule has 6 heteroatoms. The van der Waals surface area contributed by atoms with Crippen LogP contribution in [0.25, 0.3) is 0 Å². The SMILES string of the molecule is Cc1c(Cl)cccc1NC(=O)CC(=O)N1CC[C@@H](N(C)C)C1. The van der Waals surface area contributed by atoms with Crippen LogP contribution in [0, 0.1) is 6.92 Å². The maximum Gasteiger partial charge on any atom is 0.233 e. The summed E-state index contributed by atoms with van der Waals surface area (Å²) in [5, 5.41) is 3.35. The fraction of sp³-hybridized carbons (Fsp3) is 0.500. The maximum absolute atomic E-state index is 12.2. The largest absolute Gasteiger partial charge is 0.341 e. The highest BCUT2D eigenvalue weighted by molar-refractivity contribution is 6.31. The van der Waals surface area contributed by atoms with Crippen LogP contribution in [-0.2, 0) is 9.59 Å². The molecule has 5 nitrogen and oxygen atoms in total. The fourth-order valence-corrected chi connectivity index (χ4v) is 2.75. The number of hydrogen-bond acceptors (Lipinski definition) is 3. The lowest BCUT2D eigenvalue weighted by atomic mass is 10.2. The van der Waals surface area contributed by atoms with Crippen LogP contribution in [-0.4, -0.2) is 54.8 Å². The van der Waals surface area contributed by atoms with E-state index in [9.17, 15) is 9.59 Å². The first-order valence-electron chi connectivity index (χ1n) is 7.37. The molecule has 2 amide bonds. The molecule has 0 saturated carbocycles. The number of hydrogen-bond donors (Lipinski definition) is 1. The van der Waals surface area contributed by atoms with Crippen molar-refractivity contribution in [1.82, 2.24) is 9.80 Å². The van der Waals surface area contributed by atoms with Gasteiger partial charge in [0.2, 0.25) is 11.8 Å². The van der Waals surface area contributed by atoms with Gasteiger partial charge >= 0.3 is 0 Å². The molecule has 1 saturated heterocycles. The van der Waals surface area contributed by atoms with Crippen LogP contribution >= 0.6 is 11.6 Å². The summed E-state index contributed by atoms with van der Waals surface area (Å²) in [5.41, 5.74) is 1.46. The van der Waals surface area contributed by atoms with Crippen molar-refractivity contribution in [3.63, 3.8) is 0 Å². The highest BCUT2D eigenvalue weighted by Crippen LogP contribution is 2.23. The predicted octanol–water partition coefficient (Wildman–Crippen LogP) is 2.14. The standard InChI is InChI=1S/C16H22ClN3O2/c1-11-13(17)5-4-6-14(11)18-15(21)9-16(22)20-8-7-12(10-20)19(2)3/h4-6,12H,7-10H2,1-3H3,(H,18,21)/t12-/m1/s1. The number of nitrogens with zero attached hydrogens (tertiary/aromatic N) is 2. The molecule has 1 aliphatic heterocycles. The normalized spacial score (nSPS) is 17.9. The quantitative estimate of drug-likeness (QED) is 0.864. The molecule has 0 aliphatic carbocycles. The van der Waals surface area contributed by atoms with Crippen molar-refractivity contribution in [2.45, 2.75) is 25.8 Å². The number of likely N-dealkylation sites (tertiary alicyclic amines) is 1. The number of rotatable bonds is 4. The van der Waals surface area contributed by atoms with Crippen LogP contribution in [0.15, 0.2) is 18.2 Å². The Balaban J connectivity index is 1.90. The number of benzene rings is 1. The van der Waals surface area contributed by atoms with Gasteiger partial charge in [0.05, 0.1) is 0 Å². The van der Waals surface area contributed by atoms with Crippen LogP contribution in [0.5, 0.6) is 0 Å². The van der Waals surface area contributed by atoms with Crippen molar-refractivity contribution in [2.24, 2.45) is 0 Å². The number of halogens is 1. The second-order valence-corrected chi connectivity index (χ2v) is 6.29. The zero-order valence-electron chi connectivity index (χ0n) is 13.2. The summed E-state index contributed by atoms with van der Waals surface area (Å²) in [5.74, 6) is -0.426. The highest BCUT2D eigenvalue weighted by atomic mass is 35.5. The van der Waals surface area contributed by atoms with E-state index in [-0.39, 0.29) is 18.2 Å². The second-order valence-electron chi connectivity index (χ2n) is 5.88. The van der Waals surface area contributed by atoms with Crippen molar-refractivity contribution in [3.8, 4) is 0 Å². The summed E-state index contributed by atoms with van der Waals surface area (Å²) in [6, 6.07) is 5.70. The van der Waals surface area contributed by atoms with Crippen LogP contribution < -0.4 is 5.32 Å². The number of carbonyl (C=O) groups excluding carboxylic acids is 2. The Bertz CT molecular complexity index is 575. The third kappa shape index (κ3) is 3.99. The molecule has 2 rings (SSSR count). The summed E-state index contributed by atoms with van der Waals surface area (Å²) in [6.07, 6.45) is 0.819. The second kappa shape index (κ2) is 7.11. The Morgan fingerprint density at radius 1 is 1.41 bits per heavy atom. The molecule has 1 atom stereocenters. The van der Waals surface area contributed by atoms with Gasteiger partial charge in [0, 0.05) is 29.8 Å². The van der Waals surface area contributed by atoms with Crippen LogP contribution in [0.1, 0.15) is 18.4 Å². The molecular weight excluding hydrogens is 302 g/mol. The average molecular weight is 324 g/mol. The summed E-state index contributed by atoms with van der Waals surface area (Å²) in [6.45, 7) is 3.24. The minimum atomic E-state index is -0.302. The first-order chi connectivity index (χ1) is 10.4. The van der Waals surface area contributed by atoms with Gasteiger partial charge in [0.25, 0.3) is 0 Å². The van der Waals surface area contributed by atoms with Crippen molar-refractivity contribution < 1.29 is 9.59 Å². The van der Waals surface area contributed by atoms with Gasteiger partial charge < -0.3 is 15.1 Å². The summed E-state index contributed by atoms with van der Waals surface area (Å²) < 4.78 is 0. The summed E-state index contributed by atoms with van der Waals surface area (Å²) in [4.78, 5) is 28.1. The Morgan fingerprint density at radius 2 is 2.14 bits per heavy atom. The van der Waals surface area contributed by atoms with E-state index in [1.54, 1.807) is 23.1 Å². The summed E-state index contributed by atoms with van der Waals surface area (Å²) >= 11 is 6.02. The fourth-order valence-electron chi connectivity index (χ4n) is 2.58. The van der Waals surface area contributed by atoms with Gasteiger partial charge in [-0.1, -0.05) is 17.7 Å². The minimum Gasteiger partial charge on any atom is -0.341 e. The Kier molecular flexibility index (Phi) is 5.42. The van der Waals surface area contributed by atoms with E-state index in [1.165, 1.54) is 0 Å². The van der Waals surface area contributed by atoms with Gasteiger partial charge in [0.1, 0.15) is 6.42 Å². The lowest BCUT2D eigenvalue weighted by Gasteiger charge is -2.20. The first-order valence-corrected chi connectivity index (χ1v) is 7.75. The van der Waals surface area contributed by atoms with Gasteiger partial charge in [0.15, 0.2) is 0 Å². The van der Waals surface area contributed by atoms with E-state index in [0.717, 1.165) is 12.0 Å². The Hall–Kier alpha value is -1.59. The zero-order valence-corrected chi connectivity index (χ0v) is 14.0. The molecule has 0 unspecified atom stereocenters. The molecule has 1 aromatic carbocycles. The topological polar surface area (TPSA) is 52.7 Å². The smallest absolute Gasteiger partial charge is 0.233 e.